The Hall–Kier alpha value is -1.12. The maximum Gasteiger partial charge on any atom is 0.194 e. The fraction of sp³-hybridized carbons (Fsp3) is 0.133. The number of carbonyl (C=O) groups is 1. The van der Waals surface area contributed by atoms with Crippen LogP contribution in [-0.4, -0.2) is 5.78 Å². The lowest BCUT2D eigenvalue weighted by molar-refractivity contribution is 0.103. The van der Waals surface area contributed by atoms with Crippen LogP contribution in [0.1, 0.15) is 28.4 Å². The van der Waals surface area contributed by atoms with Crippen LogP contribution >= 0.6 is 27.5 Å². The van der Waals surface area contributed by atoms with Crippen molar-refractivity contribution >= 4 is 33.3 Å². The molecule has 2 aromatic rings. The number of rotatable bonds is 3. The second-order valence-corrected chi connectivity index (χ2v) is 5.29. The first-order valence-corrected chi connectivity index (χ1v) is 6.87. The van der Waals surface area contributed by atoms with E-state index in [0.29, 0.717) is 16.1 Å². The summed E-state index contributed by atoms with van der Waals surface area (Å²) in [4.78, 5) is 12.3. The maximum absolute atomic E-state index is 12.3. The normalized spacial score (nSPS) is 10.4. The molecule has 3 heteroatoms. The van der Waals surface area contributed by atoms with Crippen molar-refractivity contribution in [3.05, 3.63) is 68.7 Å². The third kappa shape index (κ3) is 2.82. The molecular formula is C15H12BrClO. The van der Waals surface area contributed by atoms with Gasteiger partial charge in [-0.2, -0.15) is 0 Å². The predicted molar refractivity (Wildman–Crippen MR) is 78.4 cm³/mol. The van der Waals surface area contributed by atoms with Gasteiger partial charge in [0.05, 0.1) is 0 Å². The molecule has 0 saturated heterocycles. The zero-order chi connectivity index (χ0) is 13.1. The predicted octanol–water partition coefficient (Wildman–Crippen LogP) is 4.90. The van der Waals surface area contributed by atoms with Crippen LogP contribution in [0.15, 0.2) is 46.9 Å². The summed E-state index contributed by atoms with van der Waals surface area (Å²) in [5, 5.41) is 0.611. The van der Waals surface area contributed by atoms with Gasteiger partial charge < -0.3 is 0 Å². The molecular weight excluding hydrogens is 312 g/mol. The average molecular weight is 324 g/mol. The number of hydrogen-bond acceptors (Lipinski definition) is 1. The van der Waals surface area contributed by atoms with Crippen LogP contribution < -0.4 is 0 Å². The minimum absolute atomic E-state index is 0.00111. The molecule has 0 unspecified atom stereocenters. The minimum atomic E-state index is 0.00111. The Kier molecular flexibility index (Phi) is 4.20. The molecule has 92 valence electrons. The highest BCUT2D eigenvalue weighted by Gasteiger charge is 2.12. The van der Waals surface area contributed by atoms with Crippen molar-refractivity contribution in [1.29, 1.82) is 0 Å². The Morgan fingerprint density at radius 3 is 2.39 bits per heavy atom. The van der Waals surface area contributed by atoms with Gasteiger partial charge >= 0.3 is 0 Å². The van der Waals surface area contributed by atoms with Crippen molar-refractivity contribution in [2.45, 2.75) is 13.3 Å². The van der Waals surface area contributed by atoms with Crippen molar-refractivity contribution in [2.24, 2.45) is 0 Å². The van der Waals surface area contributed by atoms with Gasteiger partial charge in [0.15, 0.2) is 5.78 Å². The fourth-order valence-corrected chi connectivity index (χ4v) is 2.58. The van der Waals surface area contributed by atoms with Crippen molar-refractivity contribution in [1.82, 2.24) is 0 Å². The molecule has 0 saturated carbocycles. The highest BCUT2D eigenvalue weighted by atomic mass is 79.9. The van der Waals surface area contributed by atoms with Crippen molar-refractivity contribution < 1.29 is 4.79 Å². The molecule has 0 aliphatic carbocycles. The molecule has 1 nitrogen and oxygen atoms in total. The monoisotopic (exact) mass is 322 g/mol. The quantitative estimate of drug-likeness (QED) is 0.735. The zero-order valence-electron chi connectivity index (χ0n) is 9.91. The molecule has 0 heterocycles. The van der Waals surface area contributed by atoms with Gasteiger partial charge in [-0.1, -0.05) is 42.8 Å². The van der Waals surface area contributed by atoms with E-state index in [-0.39, 0.29) is 5.78 Å². The molecule has 0 aromatic heterocycles. The van der Waals surface area contributed by atoms with Gasteiger partial charge in [-0.05, 0) is 46.1 Å². The van der Waals surface area contributed by atoms with Crippen LogP contribution in [-0.2, 0) is 6.42 Å². The Morgan fingerprint density at radius 1 is 1.17 bits per heavy atom. The second kappa shape index (κ2) is 5.68. The molecule has 0 fully saturated rings. The van der Waals surface area contributed by atoms with Gasteiger partial charge in [-0.15, -0.1) is 0 Å². The van der Waals surface area contributed by atoms with E-state index in [0.717, 1.165) is 10.9 Å². The first kappa shape index (κ1) is 13.3. The van der Waals surface area contributed by atoms with Gasteiger partial charge in [0, 0.05) is 20.6 Å². The molecule has 0 aliphatic heterocycles. The highest BCUT2D eigenvalue weighted by Crippen LogP contribution is 2.24. The van der Waals surface area contributed by atoms with Gasteiger partial charge in [-0.25, -0.2) is 0 Å². The average Bonchev–Trinajstić information content (AvgIpc) is 2.38. The molecule has 0 bridgehead atoms. The van der Waals surface area contributed by atoms with E-state index in [4.69, 9.17) is 11.6 Å². The van der Waals surface area contributed by atoms with E-state index in [1.165, 1.54) is 5.56 Å². The molecule has 0 atom stereocenters. The number of carbonyl (C=O) groups excluding carboxylic acids is 1. The van der Waals surface area contributed by atoms with Crippen molar-refractivity contribution in [2.75, 3.05) is 0 Å². The fourth-order valence-electron chi connectivity index (χ4n) is 1.72. The lowest BCUT2D eigenvalue weighted by Crippen LogP contribution is -2.02. The van der Waals surface area contributed by atoms with Crippen molar-refractivity contribution in [3.63, 3.8) is 0 Å². The number of halogens is 2. The minimum Gasteiger partial charge on any atom is -0.289 e. The topological polar surface area (TPSA) is 17.1 Å². The third-order valence-corrected chi connectivity index (χ3v) is 3.69. The largest absolute Gasteiger partial charge is 0.289 e. The molecule has 0 spiro atoms. The second-order valence-electron chi connectivity index (χ2n) is 4.00. The summed E-state index contributed by atoms with van der Waals surface area (Å²) in [6.45, 7) is 2.09. The molecule has 2 rings (SSSR count). The van der Waals surface area contributed by atoms with Crippen LogP contribution in [0, 0.1) is 0 Å². The third-order valence-electron chi connectivity index (χ3n) is 2.80. The standard InChI is InChI=1S/C15H12BrClO/c1-2-10-3-5-11(6-4-10)15(18)13-8-7-12(17)9-14(13)16/h3-9H,2H2,1H3. The number of benzene rings is 2. The Bertz CT molecular complexity index is 576. The summed E-state index contributed by atoms with van der Waals surface area (Å²) in [6.07, 6.45) is 0.971. The summed E-state index contributed by atoms with van der Waals surface area (Å²) in [7, 11) is 0. The highest BCUT2D eigenvalue weighted by molar-refractivity contribution is 9.10. The first-order chi connectivity index (χ1) is 8.61. The summed E-state index contributed by atoms with van der Waals surface area (Å²) < 4.78 is 0.722. The van der Waals surface area contributed by atoms with Crippen LogP contribution in [0.4, 0.5) is 0 Å². The van der Waals surface area contributed by atoms with Gasteiger partial charge in [0.1, 0.15) is 0 Å². The van der Waals surface area contributed by atoms with E-state index < -0.39 is 0 Å². The lowest BCUT2D eigenvalue weighted by Gasteiger charge is -2.05. The number of ketones is 1. The molecule has 0 N–H and O–H groups in total. The SMILES string of the molecule is CCc1ccc(C(=O)c2ccc(Cl)cc2Br)cc1. The molecule has 0 radical (unpaired) electrons. The lowest BCUT2D eigenvalue weighted by atomic mass is 10.0. The van der Waals surface area contributed by atoms with Gasteiger partial charge in [-0.3, -0.25) is 4.79 Å². The summed E-state index contributed by atoms with van der Waals surface area (Å²) >= 11 is 9.23. The van der Waals surface area contributed by atoms with Crippen LogP contribution in [0.5, 0.6) is 0 Å². The summed E-state index contributed by atoms with van der Waals surface area (Å²) in [5.41, 5.74) is 2.54. The number of aryl methyl sites for hydroxylation is 1. The van der Waals surface area contributed by atoms with E-state index >= 15 is 0 Å². The van der Waals surface area contributed by atoms with Gasteiger partial charge in [0.25, 0.3) is 0 Å². The van der Waals surface area contributed by atoms with Crippen LogP contribution in [0.25, 0.3) is 0 Å². The Balaban J connectivity index is 2.35. The Labute approximate surface area is 120 Å². The number of hydrogen-bond donors (Lipinski definition) is 0. The summed E-state index contributed by atoms with van der Waals surface area (Å²) in [5.74, 6) is 0.00111. The van der Waals surface area contributed by atoms with E-state index in [9.17, 15) is 4.79 Å². The van der Waals surface area contributed by atoms with Crippen LogP contribution in [0.3, 0.4) is 0 Å². The molecule has 18 heavy (non-hydrogen) atoms. The van der Waals surface area contributed by atoms with Crippen molar-refractivity contribution in [3.8, 4) is 0 Å². The maximum atomic E-state index is 12.3. The van der Waals surface area contributed by atoms with E-state index in [1.807, 2.05) is 24.3 Å². The van der Waals surface area contributed by atoms with E-state index in [1.54, 1.807) is 18.2 Å². The zero-order valence-corrected chi connectivity index (χ0v) is 12.3. The first-order valence-electron chi connectivity index (χ1n) is 5.70. The Morgan fingerprint density at radius 2 is 1.83 bits per heavy atom. The van der Waals surface area contributed by atoms with Crippen LogP contribution in [0.2, 0.25) is 5.02 Å². The van der Waals surface area contributed by atoms with E-state index in [2.05, 4.69) is 22.9 Å². The molecule has 0 aliphatic rings. The molecule has 0 amide bonds. The smallest absolute Gasteiger partial charge is 0.194 e. The summed E-state index contributed by atoms with van der Waals surface area (Å²) in [6, 6.07) is 12.9. The van der Waals surface area contributed by atoms with Gasteiger partial charge in [0.2, 0.25) is 0 Å². The molecule has 2 aromatic carbocycles.